The van der Waals surface area contributed by atoms with E-state index in [0.29, 0.717) is 5.82 Å². The van der Waals surface area contributed by atoms with Gasteiger partial charge in [-0.3, -0.25) is 4.79 Å². The maximum atomic E-state index is 11.5. The lowest BCUT2D eigenvalue weighted by Crippen LogP contribution is -2.10. The molecule has 2 N–H and O–H groups in total. The zero-order valence-electron chi connectivity index (χ0n) is 9.41. The van der Waals surface area contributed by atoms with E-state index in [1.54, 1.807) is 0 Å². The van der Waals surface area contributed by atoms with Crippen LogP contribution in [0.2, 0.25) is 0 Å². The van der Waals surface area contributed by atoms with Gasteiger partial charge in [-0.05, 0) is 35.3 Å². The lowest BCUT2D eigenvalue weighted by Gasteiger charge is -2.06. The van der Waals surface area contributed by atoms with E-state index in [4.69, 9.17) is 0 Å². The number of halogens is 1. The number of hydrogen-bond donors (Lipinski definition) is 2. The molecule has 1 heterocycles. The molecule has 0 saturated heterocycles. The molecule has 2 rings (SSSR count). The predicted octanol–water partition coefficient (Wildman–Crippen LogP) is 2.52. The molecule has 0 amide bonds. The predicted molar refractivity (Wildman–Crippen MR) is 69.1 cm³/mol. The topological polar surface area (TPSA) is 66.0 Å². The summed E-state index contributed by atoms with van der Waals surface area (Å²) in [6, 6.07) is 5.80. The summed E-state index contributed by atoms with van der Waals surface area (Å²) in [4.78, 5) is 18.1. The Kier molecular flexibility index (Phi) is 3.02. The maximum absolute atomic E-state index is 11.5. The molecule has 0 spiro atoms. The van der Waals surface area contributed by atoms with Crippen LogP contribution in [0.3, 0.4) is 0 Å². The van der Waals surface area contributed by atoms with Gasteiger partial charge in [-0.15, -0.1) is 0 Å². The van der Waals surface area contributed by atoms with Gasteiger partial charge in [-0.1, -0.05) is 23.8 Å². The van der Waals surface area contributed by atoms with Crippen molar-refractivity contribution in [3.8, 4) is 17.3 Å². The minimum absolute atomic E-state index is 0.0472. The summed E-state index contributed by atoms with van der Waals surface area (Å²) in [7, 11) is 0. The molecule has 0 saturated carbocycles. The molecule has 0 radical (unpaired) electrons. The molecule has 1 aromatic carbocycles. The second kappa shape index (κ2) is 4.33. The lowest BCUT2D eigenvalue weighted by atomic mass is 10.1. The van der Waals surface area contributed by atoms with Gasteiger partial charge in [0.1, 0.15) is 10.3 Å². The van der Waals surface area contributed by atoms with E-state index >= 15 is 0 Å². The minimum Gasteiger partial charge on any atom is -0.492 e. The number of benzene rings is 1. The smallest absolute Gasteiger partial charge is 0.269 e. The normalized spacial score (nSPS) is 10.5. The van der Waals surface area contributed by atoms with Gasteiger partial charge < -0.3 is 10.1 Å². The van der Waals surface area contributed by atoms with Crippen LogP contribution in [-0.2, 0) is 0 Å². The van der Waals surface area contributed by atoms with E-state index in [2.05, 4.69) is 25.9 Å². The Labute approximate surface area is 106 Å². The molecule has 88 valence electrons. The van der Waals surface area contributed by atoms with E-state index in [9.17, 15) is 9.90 Å². The SMILES string of the molecule is Cc1ccc(-c2nc(O)c(Br)c(=O)[nH]2)c(C)c1. The largest absolute Gasteiger partial charge is 0.492 e. The van der Waals surface area contributed by atoms with Gasteiger partial charge in [-0.25, -0.2) is 0 Å². The first-order valence-corrected chi connectivity index (χ1v) is 5.84. The summed E-state index contributed by atoms with van der Waals surface area (Å²) in [6.45, 7) is 3.92. The van der Waals surface area contributed by atoms with Gasteiger partial charge in [0.25, 0.3) is 5.56 Å². The van der Waals surface area contributed by atoms with Crippen molar-refractivity contribution < 1.29 is 5.11 Å². The molecular weight excluding hydrogens is 284 g/mol. The Balaban J connectivity index is 2.65. The molecule has 0 aliphatic carbocycles. The number of aromatic amines is 1. The number of nitrogens with zero attached hydrogens (tertiary/aromatic N) is 1. The monoisotopic (exact) mass is 294 g/mol. The van der Waals surface area contributed by atoms with Crippen molar-refractivity contribution in [3.63, 3.8) is 0 Å². The highest BCUT2D eigenvalue weighted by molar-refractivity contribution is 9.10. The van der Waals surface area contributed by atoms with Crippen LogP contribution in [0, 0.1) is 13.8 Å². The summed E-state index contributed by atoms with van der Waals surface area (Å²) in [6.07, 6.45) is 0. The molecule has 0 atom stereocenters. The number of aromatic nitrogens is 2. The van der Waals surface area contributed by atoms with Crippen LogP contribution >= 0.6 is 15.9 Å². The number of hydrogen-bond acceptors (Lipinski definition) is 3. The molecule has 5 heteroatoms. The van der Waals surface area contributed by atoms with Crippen molar-refractivity contribution in [2.45, 2.75) is 13.8 Å². The van der Waals surface area contributed by atoms with Crippen molar-refractivity contribution >= 4 is 15.9 Å². The van der Waals surface area contributed by atoms with Gasteiger partial charge in [0, 0.05) is 5.56 Å². The molecule has 0 fully saturated rings. The molecule has 1 aromatic heterocycles. The van der Waals surface area contributed by atoms with Crippen molar-refractivity contribution in [2.24, 2.45) is 0 Å². The minimum atomic E-state index is -0.396. The fourth-order valence-electron chi connectivity index (χ4n) is 1.65. The number of aromatic hydroxyl groups is 1. The van der Waals surface area contributed by atoms with Gasteiger partial charge in [0.05, 0.1) is 0 Å². The van der Waals surface area contributed by atoms with Gasteiger partial charge in [-0.2, -0.15) is 4.98 Å². The molecule has 2 aromatic rings. The fourth-order valence-corrected chi connectivity index (χ4v) is 1.84. The van der Waals surface area contributed by atoms with Crippen LogP contribution in [-0.4, -0.2) is 15.1 Å². The van der Waals surface area contributed by atoms with E-state index in [1.165, 1.54) is 0 Å². The van der Waals surface area contributed by atoms with E-state index < -0.39 is 5.56 Å². The molecule has 0 bridgehead atoms. The van der Waals surface area contributed by atoms with Crippen LogP contribution in [0.15, 0.2) is 27.5 Å². The van der Waals surface area contributed by atoms with Crippen molar-refractivity contribution in [1.29, 1.82) is 0 Å². The molecule has 0 aliphatic heterocycles. The first-order chi connectivity index (χ1) is 7.99. The maximum Gasteiger partial charge on any atom is 0.269 e. The third-order valence-corrected chi connectivity index (χ3v) is 3.20. The van der Waals surface area contributed by atoms with Crippen LogP contribution < -0.4 is 5.56 Å². The third kappa shape index (κ3) is 2.24. The Morgan fingerprint density at radius 3 is 2.65 bits per heavy atom. The standard InChI is InChI=1S/C12H11BrN2O2/c1-6-3-4-8(7(2)5-6)10-14-11(16)9(13)12(17)15-10/h3-5H,1-2H3,(H2,14,15,16,17). The van der Waals surface area contributed by atoms with Gasteiger partial charge >= 0.3 is 0 Å². The lowest BCUT2D eigenvalue weighted by molar-refractivity contribution is 0.448. The number of H-pyrrole nitrogens is 1. The second-order valence-corrected chi connectivity index (χ2v) is 4.66. The number of aryl methyl sites for hydroxylation is 2. The summed E-state index contributed by atoms with van der Waals surface area (Å²) in [5.74, 6) is 0.0666. The average molecular weight is 295 g/mol. The molecule has 17 heavy (non-hydrogen) atoms. The third-order valence-electron chi connectivity index (χ3n) is 2.48. The Bertz CT molecular complexity index is 635. The molecule has 0 aliphatic rings. The van der Waals surface area contributed by atoms with Crippen LogP contribution in [0.5, 0.6) is 5.88 Å². The quantitative estimate of drug-likeness (QED) is 0.849. The number of nitrogens with one attached hydrogen (secondary N) is 1. The van der Waals surface area contributed by atoms with Crippen LogP contribution in [0.4, 0.5) is 0 Å². The fraction of sp³-hybridized carbons (Fsp3) is 0.167. The number of rotatable bonds is 1. The summed E-state index contributed by atoms with van der Waals surface area (Å²) in [5.41, 5.74) is 2.53. The highest BCUT2D eigenvalue weighted by Crippen LogP contribution is 2.23. The zero-order chi connectivity index (χ0) is 12.6. The Hall–Kier alpha value is -1.62. The average Bonchev–Trinajstić information content (AvgIpc) is 2.25. The highest BCUT2D eigenvalue weighted by Gasteiger charge is 2.10. The second-order valence-electron chi connectivity index (χ2n) is 3.87. The first kappa shape index (κ1) is 11.9. The Morgan fingerprint density at radius 2 is 2.06 bits per heavy atom. The zero-order valence-corrected chi connectivity index (χ0v) is 11.0. The van der Waals surface area contributed by atoms with Crippen LogP contribution in [0.25, 0.3) is 11.4 Å². The Morgan fingerprint density at radius 1 is 1.35 bits per heavy atom. The van der Waals surface area contributed by atoms with Crippen molar-refractivity contribution in [2.75, 3.05) is 0 Å². The van der Waals surface area contributed by atoms with Crippen LogP contribution in [0.1, 0.15) is 11.1 Å². The van der Waals surface area contributed by atoms with Crippen molar-refractivity contribution in [1.82, 2.24) is 9.97 Å². The van der Waals surface area contributed by atoms with E-state index in [0.717, 1.165) is 16.7 Å². The summed E-state index contributed by atoms with van der Waals surface area (Å²) < 4.78 is 0.0472. The van der Waals surface area contributed by atoms with Crippen molar-refractivity contribution in [3.05, 3.63) is 44.2 Å². The summed E-state index contributed by atoms with van der Waals surface area (Å²) in [5, 5.41) is 9.51. The molecule has 0 unspecified atom stereocenters. The van der Waals surface area contributed by atoms with Gasteiger partial charge in [0.15, 0.2) is 0 Å². The van der Waals surface area contributed by atoms with E-state index in [1.807, 2.05) is 32.0 Å². The first-order valence-electron chi connectivity index (χ1n) is 5.05. The molecule has 4 nitrogen and oxygen atoms in total. The summed E-state index contributed by atoms with van der Waals surface area (Å²) >= 11 is 2.96. The highest BCUT2D eigenvalue weighted by atomic mass is 79.9. The van der Waals surface area contributed by atoms with Gasteiger partial charge in [0.2, 0.25) is 5.88 Å². The molecular formula is C12H11BrN2O2. The van der Waals surface area contributed by atoms with E-state index in [-0.39, 0.29) is 10.4 Å².